The molecule has 2 aromatic heterocycles. The summed E-state index contributed by atoms with van der Waals surface area (Å²) in [7, 11) is 0. The van der Waals surface area contributed by atoms with Crippen LogP contribution in [0.4, 0.5) is 10.2 Å². The zero-order valence-electron chi connectivity index (χ0n) is 11.9. The number of nitrogens with zero attached hydrogens (tertiary/aromatic N) is 4. The standard InChI is InChI=1S/C15H16FN5/c1-10(2)15-19-18-14-8-7-13(20-21(14)15)17-9-11-3-5-12(16)6-4-11/h3-8,10H,9H2,1-2H3,(H,17,20). The van der Waals surface area contributed by atoms with E-state index in [1.54, 1.807) is 16.6 Å². The highest BCUT2D eigenvalue weighted by Crippen LogP contribution is 2.14. The first-order valence-corrected chi connectivity index (χ1v) is 6.84. The van der Waals surface area contributed by atoms with Gasteiger partial charge >= 0.3 is 0 Å². The molecule has 0 aliphatic heterocycles. The van der Waals surface area contributed by atoms with E-state index in [0.717, 1.165) is 22.9 Å². The Morgan fingerprint density at radius 1 is 1.10 bits per heavy atom. The molecule has 5 nitrogen and oxygen atoms in total. The largest absolute Gasteiger partial charge is 0.365 e. The lowest BCUT2D eigenvalue weighted by Gasteiger charge is -2.07. The minimum atomic E-state index is -0.232. The summed E-state index contributed by atoms with van der Waals surface area (Å²) in [5, 5.41) is 15.9. The summed E-state index contributed by atoms with van der Waals surface area (Å²) >= 11 is 0. The van der Waals surface area contributed by atoms with Gasteiger partial charge in [0.25, 0.3) is 0 Å². The van der Waals surface area contributed by atoms with Gasteiger partial charge in [0.2, 0.25) is 0 Å². The van der Waals surface area contributed by atoms with Gasteiger partial charge in [-0.3, -0.25) is 0 Å². The van der Waals surface area contributed by atoms with Gasteiger partial charge in [-0.1, -0.05) is 26.0 Å². The van der Waals surface area contributed by atoms with Crippen LogP contribution >= 0.6 is 0 Å². The number of halogens is 1. The van der Waals surface area contributed by atoms with Crippen molar-refractivity contribution in [1.29, 1.82) is 0 Å². The third kappa shape index (κ3) is 2.84. The Kier molecular flexibility index (Phi) is 3.51. The van der Waals surface area contributed by atoms with E-state index < -0.39 is 0 Å². The molecular weight excluding hydrogens is 269 g/mol. The summed E-state index contributed by atoms with van der Waals surface area (Å²) in [5.74, 6) is 1.58. The van der Waals surface area contributed by atoms with E-state index in [2.05, 4.69) is 34.5 Å². The number of rotatable bonds is 4. The van der Waals surface area contributed by atoms with Crippen LogP contribution in [0.15, 0.2) is 36.4 Å². The van der Waals surface area contributed by atoms with Crippen LogP contribution in [0.2, 0.25) is 0 Å². The predicted molar refractivity (Wildman–Crippen MR) is 78.6 cm³/mol. The quantitative estimate of drug-likeness (QED) is 0.800. The van der Waals surface area contributed by atoms with Crippen molar-refractivity contribution in [1.82, 2.24) is 19.8 Å². The van der Waals surface area contributed by atoms with Crippen molar-refractivity contribution < 1.29 is 4.39 Å². The molecule has 3 rings (SSSR count). The Morgan fingerprint density at radius 3 is 2.57 bits per heavy atom. The molecule has 0 saturated heterocycles. The van der Waals surface area contributed by atoms with Crippen LogP contribution in [0.3, 0.4) is 0 Å². The van der Waals surface area contributed by atoms with Crippen molar-refractivity contribution in [2.45, 2.75) is 26.3 Å². The molecule has 21 heavy (non-hydrogen) atoms. The number of hydrogen-bond acceptors (Lipinski definition) is 4. The summed E-state index contributed by atoms with van der Waals surface area (Å²) in [6, 6.07) is 10.1. The fraction of sp³-hybridized carbons (Fsp3) is 0.267. The molecule has 0 saturated carbocycles. The second kappa shape index (κ2) is 5.47. The van der Waals surface area contributed by atoms with Gasteiger partial charge in [0.15, 0.2) is 11.5 Å². The predicted octanol–water partition coefficient (Wildman–Crippen LogP) is 3.00. The molecule has 0 aliphatic rings. The molecule has 3 aromatic rings. The van der Waals surface area contributed by atoms with Crippen LogP contribution in [0.25, 0.3) is 5.65 Å². The minimum absolute atomic E-state index is 0.232. The van der Waals surface area contributed by atoms with Crippen molar-refractivity contribution in [2.24, 2.45) is 0 Å². The first kappa shape index (κ1) is 13.5. The van der Waals surface area contributed by atoms with Gasteiger partial charge in [-0.15, -0.1) is 15.3 Å². The Hall–Kier alpha value is -2.50. The molecular formula is C15H16FN5. The molecule has 108 valence electrons. The molecule has 2 heterocycles. The number of anilines is 1. The number of aromatic nitrogens is 4. The Balaban J connectivity index is 1.80. The highest BCUT2D eigenvalue weighted by Gasteiger charge is 2.10. The topological polar surface area (TPSA) is 55.1 Å². The van der Waals surface area contributed by atoms with Crippen LogP contribution in [-0.4, -0.2) is 19.8 Å². The van der Waals surface area contributed by atoms with Crippen LogP contribution in [-0.2, 0) is 6.54 Å². The summed E-state index contributed by atoms with van der Waals surface area (Å²) in [6.45, 7) is 4.69. The Labute approximate surface area is 121 Å². The van der Waals surface area contributed by atoms with Crippen molar-refractivity contribution in [3.05, 3.63) is 53.6 Å². The lowest BCUT2D eigenvalue weighted by molar-refractivity contribution is 0.627. The molecule has 0 radical (unpaired) electrons. The van der Waals surface area contributed by atoms with E-state index in [1.807, 2.05) is 12.1 Å². The van der Waals surface area contributed by atoms with E-state index in [-0.39, 0.29) is 11.7 Å². The summed E-state index contributed by atoms with van der Waals surface area (Å²) in [4.78, 5) is 0. The third-order valence-corrected chi connectivity index (χ3v) is 3.19. The Morgan fingerprint density at radius 2 is 1.86 bits per heavy atom. The van der Waals surface area contributed by atoms with E-state index in [0.29, 0.717) is 6.54 Å². The molecule has 0 spiro atoms. The van der Waals surface area contributed by atoms with Gasteiger partial charge in [0.1, 0.15) is 11.6 Å². The van der Waals surface area contributed by atoms with Crippen LogP contribution in [0.1, 0.15) is 31.2 Å². The third-order valence-electron chi connectivity index (χ3n) is 3.19. The van der Waals surface area contributed by atoms with Crippen LogP contribution in [0, 0.1) is 5.82 Å². The smallest absolute Gasteiger partial charge is 0.178 e. The van der Waals surface area contributed by atoms with E-state index in [4.69, 9.17) is 0 Å². The van der Waals surface area contributed by atoms with Gasteiger partial charge in [0, 0.05) is 12.5 Å². The summed E-state index contributed by atoms with van der Waals surface area (Å²) in [6.07, 6.45) is 0. The summed E-state index contributed by atoms with van der Waals surface area (Å²) < 4.78 is 14.6. The second-order valence-corrected chi connectivity index (χ2v) is 5.18. The minimum Gasteiger partial charge on any atom is -0.365 e. The molecule has 0 aliphatic carbocycles. The molecule has 1 N–H and O–H groups in total. The monoisotopic (exact) mass is 285 g/mol. The first-order valence-electron chi connectivity index (χ1n) is 6.84. The van der Waals surface area contributed by atoms with Gasteiger partial charge in [0.05, 0.1) is 0 Å². The van der Waals surface area contributed by atoms with Crippen molar-refractivity contribution >= 4 is 11.5 Å². The van der Waals surface area contributed by atoms with E-state index >= 15 is 0 Å². The maximum Gasteiger partial charge on any atom is 0.178 e. The molecule has 0 atom stereocenters. The van der Waals surface area contributed by atoms with Gasteiger partial charge in [-0.2, -0.15) is 4.52 Å². The highest BCUT2D eigenvalue weighted by molar-refractivity contribution is 5.44. The molecule has 0 fully saturated rings. The zero-order chi connectivity index (χ0) is 14.8. The molecule has 1 aromatic carbocycles. The number of fused-ring (bicyclic) bond motifs is 1. The van der Waals surface area contributed by atoms with Crippen molar-refractivity contribution in [3.8, 4) is 0 Å². The average Bonchev–Trinajstić information content (AvgIpc) is 2.90. The zero-order valence-corrected chi connectivity index (χ0v) is 11.9. The van der Waals surface area contributed by atoms with Crippen LogP contribution in [0.5, 0.6) is 0 Å². The molecule has 0 unspecified atom stereocenters. The van der Waals surface area contributed by atoms with E-state index in [9.17, 15) is 4.39 Å². The SMILES string of the molecule is CC(C)c1nnc2ccc(NCc3ccc(F)cc3)nn12. The van der Waals surface area contributed by atoms with Gasteiger partial charge in [-0.25, -0.2) is 4.39 Å². The number of hydrogen-bond donors (Lipinski definition) is 1. The van der Waals surface area contributed by atoms with E-state index in [1.165, 1.54) is 12.1 Å². The van der Waals surface area contributed by atoms with Crippen molar-refractivity contribution in [2.75, 3.05) is 5.32 Å². The second-order valence-electron chi connectivity index (χ2n) is 5.18. The van der Waals surface area contributed by atoms with Gasteiger partial charge < -0.3 is 5.32 Å². The molecule has 0 amide bonds. The fourth-order valence-corrected chi connectivity index (χ4v) is 2.05. The summed E-state index contributed by atoms with van der Waals surface area (Å²) in [5.41, 5.74) is 1.72. The molecule has 0 bridgehead atoms. The van der Waals surface area contributed by atoms with Crippen LogP contribution < -0.4 is 5.32 Å². The lowest BCUT2D eigenvalue weighted by Crippen LogP contribution is -2.06. The number of benzene rings is 1. The fourth-order valence-electron chi connectivity index (χ4n) is 2.05. The normalized spacial score (nSPS) is 11.2. The maximum absolute atomic E-state index is 12.9. The number of nitrogens with one attached hydrogen (secondary N) is 1. The lowest BCUT2D eigenvalue weighted by atomic mass is 10.2. The maximum atomic E-state index is 12.9. The van der Waals surface area contributed by atoms with Gasteiger partial charge in [-0.05, 0) is 29.8 Å². The molecule has 6 heteroatoms. The first-order chi connectivity index (χ1) is 10.1. The van der Waals surface area contributed by atoms with Crippen molar-refractivity contribution in [3.63, 3.8) is 0 Å². The Bertz CT molecular complexity index is 748. The average molecular weight is 285 g/mol. The highest BCUT2D eigenvalue weighted by atomic mass is 19.1.